The number of hydrogen-bond donors (Lipinski definition) is 1. The number of aromatic nitrogens is 4. The van der Waals surface area contributed by atoms with Crippen LogP contribution in [-0.2, 0) is 11.0 Å². The lowest BCUT2D eigenvalue weighted by Crippen LogP contribution is -2.43. The van der Waals surface area contributed by atoms with Crippen molar-refractivity contribution in [1.82, 2.24) is 24.9 Å². The predicted octanol–water partition coefficient (Wildman–Crippen LogP) is 1.17. The quantitative estimate of drug-likeness (QED) is 0.850. The third kappa shape index (κ3) is 2.80. The summed E-state index contributed by atoms with van der Waals surface area (Å²) in [6.07, 6.45) is -3.97. The van der Waals surface area contributed by atoms with Crippen LogP contribution in [0.1, 0.15) is 24.9 Å². The van der Waals surface area contributed by atoms with Crippen molar-refractivity contribution in [2.45, 2.75) is 32.5 Å². The van der Waals surface area contributed by atoms with Crippen molar-refractivity contribution < 1.29 is 18.0 Å². The van der Waals surface area contributed by atoms with E-state index in [0.717, 1.165) is 4.52 Å². The molecular formula is C13H15F3N6O. The summed E-state index contributed by atoms with van der Waals surface area (Å²) in [7, 11) is 0. The van der Waals surface area contributed by atoms with Gasteiger partial charge in [0.15, 0.2) is 0 Å². The molecule has 3 heterocycles. The Bertz CT molecular complexity index is 756. The Kier molecular flexibility index (Phi) is 3.61. The summed E-state index contributed by atoms with van der Waals surface area (Å²) in [5.74, 6) is -1.19. The molecule has 124 valence electrons. The van der Waals surface area contributed by atoms with E-state index in [-0.39, 0.29) is 11.7 Å². The lowest BCUT2D eigenvalue weighted by atomic mass is 10.2. The molecule has 0 radical (unpaired) electrons. The second kappa shape index (κ2) is 5.36. The van der Waals surface area contributed by atoms with E-state index in [1.165, 1.54) is 0 Å². The number of alkyl halides is 3. The fraction of sp³-hybridized carbons (Fsp3) is 0.538. The highest BCUT2D eigenvalue weighted by molar-refractivity contribution is 5.85. The molecule has 1 N–H and O–H groups in total. The Hall–Kier alpha value is -2.39. The van der Waals surface area contributed by atoms with Crippen molar-refractivity contribution in [3.05, 3.63) is 17.6 Å². The normalized spacial score (nSPS) is 19.8. The molecule has 2 aromatic heterocycles. The number of nitrogens with one attached hydrogen (secondary N) is 1. The van der Waals surface area contributed by atoms with Gasteiger partial charge in [-0.1, -0.05) is 0 Å². The van der Waals surface area contributed by atoms with E-state index in [9.17, 15) is 18.0 Å². The minimum atomic E-state index is -4.65. The summed E-state index contributed by atoms with van der Waals surface area (Å²) in [5.41, 5.74) is 0.505. The monoisotopic (exact) mass is 328 g/mol. The highest BCUT2D eigenvalue weighted by Crippen LogP contribution is 2.28. The number of carbonyl (C=O) groups excluding carboxylic acids is 1. The maximum atomic E-state index is 12.9. The number of nitrogens with zero attached hydrogens (tertiary/aromatic N) is 5. The fourth-order valence-electron chi connectivity index (χ4n) is 2.55. The van der Waals surface area contributed by atoms with Crippen LogP contribution in [0.4, 0.5) is 19.0 Å². The average molecular weight is 328 g/mol. The summed E-state index contributed by atoms with van der Waals surface area (Å²) < 4.78 is 39.6. The van der Waals surface area contributed by atoms with Gasteiger partial charge in [0, 0.05) is 24.8 Å². The molecular weight excluding hydrogens is 313 g/mol. The van der Waals surface area contributed by atoms with Gasteiger partial charge in [-0.05, 0) is 20.3 Å². The number of anilines is 1. The molecule has 1 aliphatic heterocycles. The molecule has 1 unspecified atom stereocenters. The van der Waals surface area contributed by atoms with Gasteiger partial charge in [-0.25, -0.2) is 4.98 Å². The van der Waals surface area contributed by atoms with Crippen LogP contribution in [-0.4, -0.2) is 44.6 Å². The summed E-state index contributed by atoms with van der Waals surface area (Å²) in [6.45, 7) is 4.40. The second-order valence-corrected chi connectivity index (χ2v) is 5.41. The Labute approximate surface area is 129 Å². The van der Waals surface area contributed by atoms with E-state index in [0.29, 0.717) is 31.0 Å². The number of halogens is 3. The van der Waals surface area contributed by atoms with E-state index in [1.54, 1.807) is 24.8 Å². The van der Waals surface area contributed by atoms with E-state index in [1.807, 2.05) is 0 Å². The number of amides is 1. The molecule has 23 heavy (non-hydrogen) atoms. The van der Waals surface area contributed by atoms with Crippen LogP contribution < -0.4 is 10.2 Å². The van der Waals surface area contributed by atoms with Gasteiger partial charge in [-0.3, -0.25) is 4.79 Å². The van der Waals surface area contributed by atoms with Crippen molar-refractivity contribution >= 4 is 17.5 Å². The van der Waals surface area contributed by atoms with Crippen molar-refractivity contribution in [2.24, 2.45) is 0 Å². The van der Waals surface area contributed by atoms with E-state index >= 15 is 0 Å². The summed E-state index contributed by atoms with van der Waals surface area (Å²) in [5, 5.41) is 6.30. The Morgan fingerprint density at radius 2 is 2.09 bits per heavy atom. The molecule has 0 aromatic carbocycles. The smallest absolute Gasteiger partial charge is 0.354 e. The van der Waals surface area contributed by atoms with Crippen molar-refractivity contribution in [1.29, 1.82) is 0 Å². The summed E-state index contributed by atoms with van der Waals surface area (Å²) in [6, 6.07) is 1.08. The molecule has 2 aromatic rings. The number of hydrogen-bond acceptors (Lipinski definition) is 5. The number of aryl methyl sites for hydroxylation is 1. The Morgan fingerprint density at radius 3 is 2.78 bits per heavy atom. The van der Waals surface area contributed by atoms with Crippen LogP contribution in [0, 0.1) is 6.92 Å². The van der Waals surface area contributed by atoms with Crippen LogP contribution in [0.5, 0.6) is 0 Å². The van der Waals surface area contributed by atoms with E-state index in [2.05, 4.69) is 20.4 Å². The van der Waals surface area contributed by atoms with Gasteiger partial charge < -0.3 is 10.2 Å². The third-order valence-corrected chi connectivity index (χ3v) is 3.69. The molecule has 0 saturated carbocycles. The van der Waals surface area contributed by atoms with Gasteiger partial charge in [-0.2, -0.15) is 22.7 Å². The molecule has 1 amide bonds. The SMILES string of the molecule is Cc1cc(N2CCCNC(=O)C2C)n2nc(C(F)(F)F)nc2n1. The number of fused-ring (bicyclic) bond motifs is 1. The van der Waals surface area contributed by atoms with Crippen LogP contribution in [0.2, 0.25) is 0 Å². The standard InChI is InChI=1S/C13H15F3N6O/c1-7-6-9(21-5-3-4-17-10(23)8(21)2)22-12(18-7)19-11(20-22)13(14,15)16/h6,8H,3-5H2,1-2H3,(H,17,23). The average Bonchev–Trinajstić information content (AvgIpc) is 2.82. The molecule has 7 nitrogen and oxygen atoms in total. The minimum absolute atomic E-state index is 0.135. The van der Waals surface area contributed by atoms with Gasteiger partial charge in [0.05, 0.1) is 0 Å². The fourth-order valence-corrected chi connectivity index (χ4v) is 2.55. The number of rotatable bonds is 1. The van der Waals surface area contributed by atoms with Crippen LogP contribution >= 0.6 is 0 Å². The highest BCUT2D eigenvalue weighted by atomic mass is 19.4. The zero-order valence-corrected chi connectivity index (χ0v) is 12.6. The largest absolute Gasteiger partial charge is 0.453 e. The predicted molar refractivity (Wildman–Crippen MR) is 75.0 cm³/mol. The molecule has 1 atom stereocenters. The zero-order valence-electron chi connectivity index (χ0n) is 12.6. The van der Waals surface area contributed by atoms with Crippen LogP contribution in [0.15, 0.2) is 6.07 Å². The first kappa shape index (κ1) is 15.5. The Morgan fingerprint density at radius 1 is 1.35 bits per heavy atom. The van der Waals surface area contributed by atoms with Gasteiger partial charge >= 0.3 is 6.18 Å². The molecule has 1 aliphatic rings. The lowest BCUT2D eigenvalue weighted by molar-refractivity contribution is -0.144. The van der Waals surface area contributed by atoms with E-state index < -0.39 is 18.0 Å². The molecule has 0 bridgehead atoms. The van der Waals surface area contributed by atoms with Crippen LogP contribution in [0.3, 0.4) is 0 Å². The van der Waals surface area contributed by atoms with Gasteiger partial charge in [0.2, 0.25) is 5.91 Å². The first-order valence-corrected chi connectivity index (χ1v) is 7.13. The van der Waals surface area contributed by atoms with Gasteiger partial charge in [0.25, 0.3) is 11.6 Å². The molecule has 1 saturated heterocycles. The maximum Gasteiger partial charge on any atom is 0.453 e. The third-order valence-electron chi connectivity index (χ3n) is 3.69. The van der Waals surface area contributed by atoms with Gasteiger partial charge in [-0.15, -0.1) is 5.10 Å². The van der Waals surface area contributed by atoms with Crippen LogP contribution in [0.25, 0.3) is 5.78 Å². The zero-order chi connectivity index (χ0) is 16.8. The molecule has 10 heteroatoms. The first-order chi connectivity index (χ1) is 10.8. The Balaban J connectivity index is 2.15. The second-order valence-electron chi connectivity index (χ2n) is 5.41. The topological polar surface area (TPSA) is 75.4 Å². The molecule has 0 aliphatic carbocycles. The van der Waals surface area contributed by atoms with Crippen molar-refractivity contribution in [3.63, 3.8) is 0 Å². The molecule has 1 fully saturated rings. The summed E-state index contributed by atoms with van der Waals surface area (Å²) >= 11 is 0. The summed E-state index contributed by atoms with van der Waals surface area (Å²) in [4.78, 5) is 21.2. The van der Waals surface area contributed by atoms with E-state index in [4.69, 9.17) is 0 Å². The maximum absolute atomic E-state index is 12.9. The highest BCUT2D eigenvalue weighted by Gasteiger charge is 2.37. The van der Waals surface area contributed by atoms with Crippen molar-refractivity contribution in [2.75, 3.05) is 18.0 Å². The first-order valence-electron chi connectivity index (χ1n) is 7.13. The molecule has 0 spiro atoms. The minimum Gasteiger partial charge on any atom is -0.354 e. The van der Waals surface area contributed by atoms with Gasteiger partial charge in [0.1, 0.15) is 11.9 Å². The van der Waals surface area contributed by atoms with Crippen molar-refractivity contribution in [3.8, 4) is 0 Å². The molecule has 3 rings (SSSR count). The number of carbonyl (C=O) groups is 1. The lowest BCUT2D eigenvalue weighted by Gasteiger charge is -2.27.